The van der Waals surface area contributed by atoms with Crippen LogP contribution >= 0.6 is 28.3 Å². The number of fused-ring (bicyclic) bond motifs is 1. The van der Waals surface area contributed by atoms with E-state index < -0.39 is 5.92 Å². The Morgan fingerprint density at radius 1 is 1.08 bits per heavy atom. The standard InChI is InChI=1S/C31H37BrF2N2O.ClH/c1-21-3-2-4-24(15-21)27(18-26(37)16-22-9-13-35-14-10-22)29-20-36(30-6-5-25(32)17-28(29)30)19-23-7-11-31(33,34)12-8-23;/h2-6,15,17,20,22-23,27,35H,7-14,16,18-19H2,1H3;1H. The van der Waals surface area contributed by atoms with Crippen molar-refractivity contribution in [3.8, 4) is 0 Å². The lowest BCUT2D eigenvalue weighted by Crippen LogP contribution is -2.29. The first kappa shape index (κ1) is 29.2. The molecule has 0 radical (unpaired) electrons. The molecular weight excluding hydrogens is 570 g/mol. The lowest BCUT2D eigenvalue weighted by Gasteiger charge is -2.28. The zero-order valence-corrected chi connectivity index (χ0v) is 24.4. The van der Waals surface area contributed by atoms with Gasteiger partial charge in [-0.15, -0.1) is 12.4 Å². The smallest absolute Gasteiger partial charge is 0.248 e. The number of aryl methyl sites for hydroxylation is 1. The van der Waals surface area contributed by atoms with E-state index in [9.17, 15) is 13.6 Å². The van der Waals surface area contributed by atoms with Gasteiger partial charge in [0.15, 0.2) is 0 Å². The molecule has 2 fully saturated rings. The first-order valence-electron chi connectivity index (χ1n) is 13.7. The molecule has 2 aromatic carbocycles. The van der Waals surface area contributed by atoms with E-state index in [0.717, 1.165) is 59.0 Å². The van der Waals surface area contributed by atoms with Gasteiger partial charge in [0.1, 0.15) is 5.78 Å². The number of carbonyl (C=O) groups is 1. The Morgan fingerprint density at radius 3 is 2.53 bits per heavy atom. The summed E-state index contributed by atoms with van der Waals surface area (Å²) in [6.07, 6.45) is 6.51. The van der Waals surface area contributed by atoms with E-state index in [0.29, 0.717) is 37.4 Å². The molecule has 2 heterocycles. The third-order valence-electron chi connectivity index (χ3n) is 8.39. The Balaban J connectivity index is 0.00000336. The van der Waals surface area contributed by atoms with E-state index in [1.54, 1.807) is 0 Å². The number of alkyl halides is 2. The third kappa shape index (κ3) is 7.05. The molecule has 1 N–H and O–H groups in total. The summed E-state index contributed by atoms with van der Waals surface area (Å²) in [5.41, 5.74) is 4.61. The summed E-state index contributed by atoms with van der Waals surface area (Å²) in [5, 5.41) is 4.53. The molecule has 5 rings (SSSR count). The second kappa shape index (κ2) is 12.6. The minimum Gasteiger partial charge on any atom is -0.347 e. The summed E-state index contributed by atoms with van der Waals surface area (Å²) in [5.74, 6) is -1.53. The zero-order valence-electron chi connectivity index (χ0n) is 22.0. The van der Waals surface area contributed by atoms with E-state index in [1.807, 2.05) is 6.07 Å². The fraction of sp³-hybridized carbons (Fsp3) is 0.516. The zero-order chi connectivity index (χ0) is 26.0. The number of piperidine rings is 1. The first-order valence-corrected chi connectivity index (χ1v) is 14.5. The Kier molecular flexibility index (Phi) is 9.70. The highest BCUT2D eigenvalue weighted by Gasteiger charge is 2.35. The van der Waals surface area contributed by atoms with Gasteiger partial charge in [0.25, 0.3) is 0 Å². The van der Waals surface area contributed by atoms with Crippen LogP contribution in [0.25, 0.3) is 10.9 Å². The van der Waals surface area contributed by atoms with Crippen LogP contribution in [0.2, 0.25) is 0 Å². The Bertz CT molecular complexity index is 1240. The van der Waals surface area contributed by atoms with Gasteiger partial charge in [-0.1, -0.05) is 45.8 Å². The highest BCUT2D eigenvalue weighted by atomic mass is 79.9. The lowest BCUT2D eigenvalue weighted by molar-refractivity contribution is -0.120. The van der Waals surface area contributed by atoms with E-state index in [4.69, 9.17) is 0 Å². The topological polar surface area (TPSA) is 34.0 Å². The predicted octanol–water partition coefficient (Wildman–Crippen LogP) is 8.44. The molecule has 0 amide bonds. The number of Topliss-reactive ketones (excluding diaryl/α,β-unsaturated/α-hetero) is 1. The normalized spacial score (nSPS) is 19.3. The molecule has 1 unspecified atom stereocenters. The molecule has 3 aromatic rings. The number of rotatable bonds is 8. The summed E-state index contributed by atoms with van der Waals surface area (Å²) >= 11 is 3.66. The predicted molar refractivity (Wildman–Crippen MR) is 157 cm³/mol. The maximum Gasteiger partial charge on any atom is 0.248 e. The summed E-state index contributed by atoms with van der Waals surface area (Å²) in [6, 6.07) is 14.8. The second-order valence-corrected chi connectivity index (χ2v) is 12.2. The SMILES string of the molecule is Cc1cccc(C(CC(=O)CC2CCNCC2)c2cn(CC3CCC(F)(F)CC3)c3ccc(Br)cc23)c1.Cl. The molecule has 0 bridgehead atoms. The molecule has 3 nitrogen and oxygen atoms in total. The van der Waals surface area contributed by atoms with Crippen LogP contribution in [0.4, 0.5) is 8.78 Å². The van der Waals surface area contributed by atoms with Crippen LogP contribution in [0.3, 0.4) is 0 Å². The number of benzene rings is 2. The molecule has 206 valence electrons. The van der Waals surface area contributed by atoms with Crippen molar-refractivity contribution in [3.63, 3.8) is 0 Å². The van der Waals surface area contributed by atoms with E-state index in [2.05, 4.69) is 75.3 Å². The van der Waals surface area contributed by atoms with Crippen molar-refractivity contribution in [2.75, 3.05) is 13.1 Å². The van der Waals surface area contributed by atoms with Gasteiger partial charge >= 0.3 is 0 Å². The van der Waals surface area contributed by atoms with Crippen molar-refractivity contribution in [1.29, 1.82) is 0 Å². The van der Waals surface area contributed by atoms with Gasteiger partial charge in [-0.25, -0.2) is 8.78 Å². The van der Waals surface area contributed by atoms with E-state index in [1.165, 1.54) is 5.56 Å². The minimum absolute atomic E-state index is 0. The molecule has 1 aliphatic heterocycles. The average Bonchev–Trinajstić information content (AvgIpc) is 3.21. The largest absolute Gasteiger partial charge is 0.347 e. The average molecular weight is 608 g/mol. The van der Waals surface area contributed by atoms with Gasteiger partial charge in [-0.2, -0.15) is 0 Å². The van der Waals surface area contributed by atoms with Gasteiger partial charge in [0.2, 0.25) is 5.92 Å². The highest BCUT2D eigenvalue weighted by molar-refractivity contribution is 9.10. The Morgan fingerprint density at radius 2 is 1.82 bits per heavy atom. The summed E-state index contributed by atoms with van der Waals surface area (Å²) in [7, 11) is 0. The number of nitrogens with one attached hydrogen (secondary N) is 1. The molecule has 1 aromatic heterocycles. The van der Waals surface area contributed by atoms with Crippen LogP contribution < -0.4 is 5.32 Å². The number of hydrogen-bond acceptors (Lipinski definition) is 2. The fourth-order valence-corrected chi connectivity index (χ4v) is 6.66. The van der Waals surface area contributed by atoms with E-state index in [-0.39, 0.29) is 37.1 Å². The quantitative estimate of drug-likeness (QED) is 0.279. The lowest BCUT2D eigenvalue weighted by atomic mass is 9.83. The number of aromatic nitrogens is 1. The molecule has 1 atom stereocenters. The molecule has 38 heavy (non-hydrogen) atoms. The third-order valence-corrected chi connectivity index (χ3v) is 8.89. The van der Waals surface area contributed by atoms with E-state index >= 15 is 0 Å². The summed E-state index contributed by atoms with van der Waals surface area (Å²) in [4.78, 5) is 13.4. The second-order valence-electron chi connectivity index (χ2n) is 11.3. The van der Waals surface area contributed by atoms with Crippen molar-refractivity contribution >= 4 is 45.0 Å². The molecule has 1 aliphatic carbocycles. The van der Waals surface area contributed by atoms with Crippen molar-refractivity contribution in [1.82, 2.24) is 9.88 Å². The maximum absolute atomic E-state index is 13.8. The molecule has 0 spiro atoms. The Hall–Kier alpha value is -1.76. The fourth-order valence-electron chi connectivity index (χ4n) is 6.30. The Labute approximate surface area is 239 Å². The van der Waals surface area contributed by atoms with Crippen LogP contribution in [-0.4, -0.2) is 29.4 Å². The van der Waals surface area contributed by atoms with Gasteiger partial charge in [-0.05, 0) is 86.9 Å². The van der Waals surface area contributed by atoms with Crippen LogP contribution in [0.15, 0.2) is 53.1 Å². The number of hydrogen-bond donors (Lipinski definition) is 1. The first-order chi connectivity index (χ1) is 17.8. The summed E-state index contributed by atoms with van der Waals surface area (Å²) < 4.78 is 30.8. The van der Waals surface area contributed by atoms with Crippen LogP contribution in [-0.2, 0) is 11.3 Å². The van der Waals surface area contributed by atoms with Crippen molar-refractivity contribution in [3.05, 3.63) is 69.8 Å². The van der Waals surface area contributed by atoms with Crippen LogP contribution in [0.1, 0.15) is 74.0 Å². The number of nitrogens with zero attached hydrogens (tertiary/aromatic N) is 1. The van der Waals surface area contributed by atoms with Gasteiger partial charge in [0, 0.05) is 59.7 Å². The van der Waals surface area contributed by atoms with Gasteiger partial charge in [-0.3, -0.25) is 4.79 Å². The van der Waals surface area contributed by atoms with Gasteiger partial charge < -0.3 is 9.88 Å². The van der Waals surface area contributed by atoms with Crippen molar-refractivity contribution in [2.24, 2.45) is 11.8 Å². The van der Waals surface area contributed by atoms with Crippen molar-refractivity contribution in [2.45, 2.75) is 76.7 Å². The molecule has 2 aliphatic rings. The number of carbonyl (C=O) groups excluding carboxylic acids is 1. The van der Waals surface area contributed by atoms with Crippen LogP contribution in [0.5, 0.6) is 0 Å². The number of ketones is 1. The maximum atomic E-state index is 13.8. The molecular formula is C31H38BrClF2N2O. The minimum atomic E-state index is -2.52. The van der Waals surface area contributed by atoms with Crippen LogP contribution in [0, 0.1) is 18.8 Å². The summed E-state index contributed by atoms with van der Waals surface area (Å²) in [6.45, 7) is 4.82. The number of halogens is 4. The van der Waals surface area contributed by atoms with Crippen molar-refractivity contribution < 1.29 is 13.6 Å². The van der Waals surface area contributed by atoms with Gasteiger partial charge in [0.05, 0.1) is 0 Å². The molecule has 7 heteroatoms. The molecule has 1 saturated heterocycles. The highest BCUT2D eigenvalue weighted by Crippen LogP contribution is 2.40. The molecule has 1 saturated carbocycles. The monoisotopic (exact) mass is 606 g/mol.